The number of nitrogens with two attached hydrogens (primary N) is 5. The molecule has 0 fully saturated rings. The molecule has 0 aliphatic carbocycles. The Kier molecular flexibility index (Phi) is 33.4. The Balaban J connectivity index is 0.000000266. The number of aromatic nitrogens is 23. The van der Waals surface area contributed by atoms with E-state index in [1.165, 1.54) is 49.4 Å². The van der Waals surface area contributed by atoms with Crippen LogP contribution < -0.4 is 90.6 Å². The zero-order valence-electron chi connectivity index (χ0n) is 66.6. The Hall–Kier alpha value is -13.5. The molecule has 12 aromatic rings. The van der Waals surface area contributed by atoms with E-state index in [-0.39, 0.29) is 93.5 Å². The van der Waals surface area contributed by atoms with Crippen molar-refractivity contribution in [2.24, 2.45) is 0 Å². The van der Waals surface area contributed by atoms with Crippen LogP contribution in [0, 0.1) is 31.5 Å². The van der Waals surface area contributed by atoms with Gasteiger partial charge in [-0.15, -0.1) is 5.92 Å². The molecule has 0 atom stereocenters. The topological polar surface area (TPSA) is 557 Å². The molecule has 0 aliphatic heterocycles. The summed E-state index contributed by atoms with van der Waals surface area (Å²) >= 11 is 0. The van der Waals surface area contributed by atoms with Gasteiger partial charge in [-0.3, -0.25) is 76.3 Å². The lowest BCUT2D eigenvalue weighted by atomic mass is 10.3. The third kappa shape index (κ3) is 25.3. The molecule has 0 saturated heterocycles. The van der Waals surface area contributed by atoms with Crippen molar-refractivity contribution in [1.29, 1.82) is 0 Å². The summed E-state index contributed by atoms with van der Waals surface area (Å²) in [6.07, 6.45) is 17.1. The molecule has 0 radical (unpaired) electrons. The highest BCUT2D eigenvalue weighted by molar-refractivity contribution is 5.86. The lowest BCUT2D eigenvalue weighted by Gasteiger charge is -2.09. The third-order valence-corrected chi connectivity index (χ3v) is 15.6. The van der Waals surface area contributed by atoms with Gasteiger partial charge in [-0.05, 0) is 158 Å². The molecule has 12 aromatic heterocycles. The molecule has 0 saturated carbocycles. The number of aromatic amines is 5. The number of nitrogen functional groups attached to an aromatic ring is 5. The first-order valence-corrected chi connectivity index (χ1v) is 35.2. The minimum absolute atomic E-state index is 0.0109. The number of hydrogen-bond donors (Lipinski definition) is 10. The average molecular weight is 1550 g/mol. The lowest BCUT2D eigenvalue weighted by Crippen LogP contribution is -2.32. The first-order chi connectivity index (χ1) is 52.3. The van der Waals surface area contributed by atoms with Gasteiger partial charge in [-0.25, -0.2) is 58.7 Å². The highest BCUT2D eigenvalue weighted by Gasteiger charge is 2.14. The monoisotopic (exact) mass is 1550 g/mol. The predicted octanol–water partition coefficient (Wildman–Crippen LogP) is 5.28. The van der Waals surface area contributed by atoms with Crippen LogP contribution in [-0.4, -0.2) is 111 Å². The van der Waals surface area contributed by atoms with E-state index in [4.69, 9.17) is 28.7 Å². The molecular formula is C72H101FN28O11. The van der Waals surface area contributed by atoms with Gasteiger partial charge in [0.15, 0.2) is 22.6 Å². The summed E-state index contributed by atoms with van der Waals surface area (Å²) in [7, 11) is 0. The van der Waals surface area contributed by atoms with Gasteiger partial charge in [0.25, 0.3) is 27.8 Å². The Bertz CT molecular complexity index is 5780. The fraction of sp³-hybridized carbons (Fsp3) is 0.417. The van der Waals surface area contributed by atoms with E-state index in [0.717, 1.165) is 33.0 Å². The minimum atomic E-state index is -0.975. The van der Waals surface area contributed by atoms with E-state index >= 15 is 0 Å². The number of anilines is 5. The quantitative estimate of drug-likeness (QED) is 0.0822. The van der Waals surface area contributed by atoms with Gasteiger partial charge in [0.2, 0.25) is 11.8 Å². The lowest BCUT2D eigenvalue weighted by molar-refractivity contribution is 0.511. The summed E-state index contributed by atoms with van der Waals surface area (Å²) in [6, 6.07) is 6.10. The molecule has 0 amide bonds. The molecule has 112 heavy (non-hydrogen) atoms. The minimum Gasteiger partial charge on any atom is -0.383 e. The molecule has 39 nitrogen and oxygen atoms in total. The highest BCUT2D eigenvalue weighted by Crippen LogP contribution is 2.21. The summed E-state index contributed by atoms with van der Waals surface area (Å²) in [6.45, 7) is 39.9. The Labute approximate surface area is 639 Å². The number of rotatable bonds is 9. The van der Waals surface area contributed by atoms with Gasteiger partial charge in [-0.1, -0.05) is 5.92 Å². The number of nitrogens with one attached hydrogen (secondary N) is 5. The van der Waals surface area contributed by atoms with Crippen LogP contribution >= 0.6 is 0 Å². The molecule has 0 spiro atoms. The van der Waals surface area contributed by atoms with Crippen LogP contribution in [0.25, 0.3) is 33.4 Å². The van der Waals surface area contributed by atoms with Crippen LogP contribution in [-0.2, 0) is 0 Å². The Morgan fingerprint density at radius 3 is 1.33 bits per heavy atom. The smallest absolute Gasteiger partial charge is 0.349 e. The van der Waals surface area contributed by atoms with Crippen molar-refractivity contribution in [2.75, 3.05) is 28.7 Å². The summed E-state index contributed by atoms with van der Waals surface area (Å²) in [4.78, 5) is 168. The maximum atomic E-state index is 12.6. The average Bonchev–Trinajstić information content (AvgIpc) is 1.58. The second kappa shape index (κ2) is 41.2. The standard InChI is InChI=1S/C10H12N2O2.C9H12N4.C8H11N5O.C8H11N5.C8H13N3O.C8H12N2O2.C7H9FN2O2.C7H11N3O.C7H10N2O2/c1-4-5-8-6-12(7(2)3)10(14)11-9(8)13;1-6(2)13-4-3-7-8(10)11-5-12-9(7)13;1-4(2)13-3-10-5-6(13)11-8(9)12-7(5)14;1-5(2)13-4-12-6-7(9)10-3-11-8(6)13;1-5(2)11-4-6(3)7(9)10-8(11)12;1-5(2)10-4-6(3)7(11)9-8(10)12;1-4(2)10-3-5(8)6(11)9-7(10)12;1-5(2)10-4-3-6(8)9-7(10)11;1-5(2)9-4-3-6(10)8-7(9)11/h6-7H,1-3H3,(H,11,13,14);3-6H,1-2H3,(H2,10,11,12);3-4H,1-2H3,(H3,9,11,12,14);3-5H,1-2H3,(H2,9,10,11);4-5H,1-3H3,(H2,9,10,12);4-5H,1-3H3,(H,9,11,12);3-4H,1-2H3,(H,9,11,12);3-5H,1-2H3,(H2,8,9,11);3-5H,1-2H3,(H,8,10,11). The molecule has 15 N–H and O–H groups in total. The van der Waals surface area contributed by atoms with Crippen LogP contribution in [0.5, 0.6) is 0 Å². The van der Waals surface area contributed by atoms with Crippen LogP contribution in [0.3, 0.4) is 0 Å². The normalized spacial score (nSPS) is 10.7. The molecule has 602 valence electrons. The Morgan fingerprint density at radius 1 is 0.375 bits per heavy atom. The van der Waals surface area contributed by atoms with Gasteiger partial charge < -0.3 is 42.4 Å². The summed E-state index contributed by atoms with van der Waals surface area (Å²) < 4.78 is 27.1. The second-order valence-electron chi connectivity index (χ2n) is 27.2. The van der Waals surface area contributed by atoms with E-state index in [1.807, 2.05) is 112 Å². The number of fused-ring (bicyclic) bond motifs is 3. The van der Waals surface area contributed by atoms with E-state index in [1.54, 1.807) is 74.1 Å². The van der Waals surface area contributed by atoms with Crippen molar-refractivity contribution < 1.29 is 4.39 Å². The van der Waals surface area contributed by atoms with Gasteiger partial charge in [0.1, 0.15) is 46.8 Å². The first-order valence-electron chi connectivity index (χ1n) is 35.2. The number of hydrogen-bond acceptors (Lipinski definition) is 25. The number of imidazole rings is 2. The van der Waals surface area contributed by atoms with Crippen molar-refractivity contribution >= 4 is 62.6 Å². The zero-order chi connectivity index (χ0) is 84.6. The van der Waals surface area contributed by atoms with Crippen LogP contribution in [0.1, 0.15) is 203 Å². The van der Waals surface area contributed by atoms with E-state index in [2.05, 4.69) is 109 Å². The second-order valence-corrected chi connectivity index (χ2v) is 27.2. The van der Waals surface area contributed by atoms with Crippen molar-refractivity contribution in [1.82, 2.24) is 111 Å². The first kappa shape index (κ1) is 90.9. The summed E-state index contributed by atoms with van der Waals surface area (Å²) in [5.41, 5.74) is 27.9. The van der Waals surface area contributed by atoms with Crippen LogP contribution in [0.4, 0.5) is 33.6 Å². The summed E-state index contributed by atoms with van der Waals surface area (Å²) in [5, 5.41) is 0.927. The third-order valence-electron chi connectivity index (χ3n) is 15.6. The highest BCUT2D eigenvalue weighted by atomic mass is 19.1. The molecule has 0 unspecified atom stereocenters. The molecule has 12 heterocycles. The maximum absolute atomic E-state index is 12.6. The van der Waals surface area contributed by atoms with Crippen molar-refractivity contribution in [2.45, 2.75) is 200 Å². The number of aryl methyl sites for hydroxylation is 2. The number of nitrogens with zero attached hydrogens (tertiary/aromatic N) is 18. The largest absolute Gasteiger partial charge is 0.383 e. The molecule has 12 rings (SSSR count). The van der Waals surface area contributed by atoms with Crippen LogP contribution in [0.15, 0.2) is 140 Å². The zero-order valence-corrected chi connectivity index (χ0v) is 66.6. The van der Waals surface area contributed by atoms with Crippen molar-refractivity contribution in [3.63, 3.8) is 0 Å². The van der Waals surface area contributed by atoms with E-state index in [0.29, 0.717) is 57.3 Å². The van der Waals surface area contributed by atoms with Crippen molar-refractivity contribution in [3.05, 3.63) is 224 Å². The SMILES string of the molecule is CC#Cc1cn(C(C)C)c(=O)[nH]c1=O.CC(C)n1cc(F)c(=O)[nH]c1=O.CC(C)n1ccc(=O)[nH]c1=O.CC(C)n1ccc(N)nc1=O.CC(C)n1ccc2c(N)ncnc21.CC(C)n1cnc2c(=O)[nH]c(N)nc21.CC(C)n1cnc2c(N)ncnc21.Cc1cn(C(C)C)c(=O)[nH]c1=O.Cc1cn(C(C)C)c(=O)nc1N. The summed E-state index contributed by atoms with van der Waals surface area (Å²) in [5.74, 6) is 6.01. The van der Waals surface area contributed by atoms with E-state index in [9.17, 15) is 57.1 Å². The van der Waals surface area contributed by atoms with Gasteiger partial charge >= 0.3 is 34.1 Å². The molecule has 0 aromatic carbocycles. The molecular weight excluding hydrogens is 1450 g/mol. The molecule has 0 aliphatic rings. The van der Waals surface area contributed by atoms with Crippen molar-refractivity contribution in [3.8, 4) is 11.8 Å². The number of H-pyrrole nitrogens is 5. The fourth-order valence-corrected chi connectivity index (χ4v) is 9.48. The van der Waals surface area contributed by atoms with E-state index < -0.39 is 28.3 Å². The van der Waals surface area contributed by atoms with Crippen LogP contribution in [0.2, 0.25) is 0 Å². The van der Waals surface area contributed by atoms with Gasteiger partial charge in [-0.2, -0.15) is 19.3 Å². The number of halogens is 1. The van der Waals surface area contributed by atoms with Gasteiger partial charge in [0, 0.05) is 109 Å². The maximum Gasteiger partial charge on any atom is 0.349 e. The Morgan fingerprint density at radius 2 is 0.812 bits per heavy atom. The van der Waals surface area contributed by atoms with Gasteiger partial charge in [0.05, 0.1) is 24.2 Å². The fourth-order valence-electron chi connectivity index (χ4n) is 9.48. The molecule has 40 heteroatoms. The molecule has 0 bridgehead atoms. The predicted molar refractivity (Wildman–Crippen MR) is 431 cm³/mol.